The Kier molecular flexibility index (Phi) is 4.35. The molecule has 0 spiro atoms. The van der Waals surface area contributed by atoms with Gasteiger partial charge in [0.25, 0.3) is 0 Å². The summed E-state index contributed by atoms with van der Waals surface area (Å²) in [7, 11) is 0. The predicted molar refractivity (Wildman–Crippen MR) is 69.0 cm³/mol. The molecule has 5 nitrogen and oxygen atoms in total. The van der Waals surface area contributed by atoms with Gasteiger partial charge in [0.05, 0.1) is 12.4 Å². The van der Waals surface area contributed by atoms with Gasteiger partial charge in [0.1, 0.15) is 12.1 Å². The number of benzene rings is 1. The minimum absolute atomic E-state index is 0.0550. The van der Waals surface area contributed by atoms with Gasteiger partial charge in [-0.2, -0.15) is 5.10 Å². The second-order valence-corrected chi connectivity index (χ2v) is 4.42. The number of aromatic nitrogens is 3. The summed E-state index contributed by atoms with van der Waals surface area (Å²) < 4.78 is 5.32. The normalized spacial score (nSPS) is 10.3. The Labute approximate surface area is 109 Å². The zero-order chi connectivity index (χ0) is 12.8. The van der Waals surface area contributed by atoms with Crippen LogP contribution >= 0.6 is 11.8 Å². The molecule has 0 fully saturated rings. The van der Waals surface area contributed by atoms with Crippen molar-refractivity contribution in [3.05, 3.63) is 36.2 Å². The molecule has 0 radical (unpaired) electrons. The predicted octanol–water partition coefficient (Wildman–Crippen LogP) is 2.18. The summed E-state index contributed by atoms with van der Waals surface area (Å²) in [6.07, 6.45) is 1.42. The molecule has 0 aliphatic heterocycles. The lowest BCUT2D eigenvalue weighted by molar-refractivity contribution is 0.102. The first-order valence-corrected chi connectivity index (χ1v) is 6.52. The topological polar surface area (TPSA) is 67.9 Å². The monoisotopic (exact) mass is 263 g/mol. The molecule has 0 aliphatic rings. The lowest BCUT2D eigenvalue weighted by Crippen LogP contribution is -2.02. The SMILES string of the molecule is CCOc1ccc(C(=O)CSc2ncn[nH]2)cc1. The second-order valence-electron chi connectivity index (χ2n) is 3.46. The Hall–Kier alpha value is -1.82. The average Bonchev–Trinajstić information content (AvgIpc) is 2.90. The highest BCUT2D eigenvalue weighted by atomic mass is 32.2. The fraction of sp³-hybridized carbons (Fsp3) is 0.250. The lowest BCUT2D eigenvalue weighted by atomic mass is 10.1. The number of rotatable bonds is 6. The van der Waals surface area contributed by atoms with Crippen molar-refractivity contribution in [2.75, 3.05) is 12.4 Å². The van der Waals surface area contributed by atoms with E-state index in [0.717, 1.165) is 5.75 Å². The third-order valence-corrected chi connectivity index (χ3v) is 3.10. The fourth-order valence-electron chi connectivity index (χ4n) is 1.38. The summed E-state index contributed by atoms with van der Waals surface area (Å²) in [5, 5.41) is 7.07. The Bertz CT molecular complexity index is 497. The van der Waals surface area contributed by atoms with Crippen LogP contribution in [-0.2, 0) is 0 Å². The third-order valence-electron chi connectivity index (χ3n) is 2.22. The number of nitrogens with zero attached hydrogens (tertiary/aromatic N) is 2. The molecule has 1 aromatic carbocycles. The Morgan fingerprint density at radius 3 is 2.78 bits per heavy atom. The summed E-state index contributed by atoms with van der Waals surface area (Å²) in [6.45, 7) is 2.54. The molecular weight excluding hydrogens is 250 g/mol. The van der Waals surface area contributed by atoms with Gasteiger partial charge < -0.3 is 4.74 Å². The van der Waals surface area contributed by atoms with Crippen LogP contribution in [0.4, 0.5) is 0 Å². The zero-order valence-electron chi connectivity index (χ0n) is 9.92. The number of carbonyl (C=O) groups is 1. The first kappa shape index (κ1) is 12.6. The third kappa shape index (κ3) is 3.33. The van der Waals surface area contributed by atoms with E-state index in [1.807, 2.05) is 6.92 Å². The molecule has 0 saturated heterocycles. The first-order valence-electron chi connectivity index (χ1n) is 5.54. The maximum absolute atomic E-state index is 11.9. The zero-order valence-corrected chi connectivity index (χ0v) is 10.7. The smallest absolute Gasteiger partial charge is 0.183 e. The number of ether oxygens (including phenoxy) is 1. The molecule has 1 heterocycles. The highest BCUT2D eigenvalue weighted by Gasteiger charge is 2.08. The number of Topliss-reactive ketones (excluding diaryl/α,β-unsaturated/α-hetero) is 1. The molecule has 6 heteroatoms. The van der Waals surface area contributed by atoms with Crippen molar-refractivity contribution in [3.63, 3.8) is 0 Å². The van der Waals surface area contributed by atoms with Crippen molar-refractivity contribution in [2.45, 2.75) is 12.1 Å². The van der Waals surface area contributed by atoms with Gasteiger partial charge in [-0.3, -0.25) is 9.89 Å². The van der Waals surface area contributed by atoms with E-state index in [1.165, 1.54) is 18.1 Å². The number of hydrogen-bond acceptors (Lipinski definition) is 5. The van der Waals surface area contributed by atoms with E-state index in [2.05, 4.69) is 15.2 Å². The fourth-order valence-corrected chi connectivity index (χ4v) is 2.06. The highest BCUT2D eigenvalue weighted by molar-refractivity contribution is 7.99. The van der Waals surface area contributed by atoms with Gasteiger partial charge in [0.15, 0.2) is 10.9 Å². The van der Waals surface area contributed by atoms with Crippen LogP contribution in [0.2, 0.25) is 0 Å². The lowest BCUT2D eigenvalue weighted by Gasteiger charge is -2.03. The largest absolute Gasteiger partial charge is 0.494 e. The van der Waals surface area contributed by atoms with Gasteiger partial charge in [0, 0.05) is 5.56 Å². The van der Waals surface area contributed by atoms with Gasteiger partial charge in [-0.25, -0.2) is 4.98 Å². The van der Waals surface area contributed by atoms with E-state index in [9.17, 15) is 4.79 Å². The van der Waals surface area contributed by atoms with E-state index in [1.54, 1.807) is 24.3 Å². The molecule has 1 aromatic heterocycles. The van der Waals surface area contributed by atoms with Crippen LogP contribution in [0.1, 0.15) is 17.3 Å². The van der Waals surface area contributed by atoms with Crippen molar-refractivity contribution in [1.82, 2.24) is 15.2 Å². The van der Waals surface area contributed by atoms with Crippen molar-refractivity contribution in [3.8, 4) is 5.75 Å². The molecule has 18 heavy (non-hydrogen) atoms. The summed E-state index contributed by atoms with van der Waals surface area (Å²) in [4.78, 5) is 15.8. The average molecular weight is 263 g/mol. The van der Waals surface area contributed by atoms with Crippen LogP contribution < -0.4 is 4.74 Å². The summed E-state index contributed by atoms with van der Waals surface area (Å²) in [6, 6.07) is 7.15. The number of nitrogens with one attached hydrogen (secondary N) is 1. The van der Waals surface area contributed by atoms with E-state index in [-0.39, 0.29) is 5.78 Å². The van der Waals surface area contributed by atoms with Crippen molar-refractivity contribution >= 4 is 17.5 Å². The molecule has 0 aliphatic carbocycles. The second kappa shape index (κ2) is 6.20. The van der Waals surface area contributed by atoms with Crippen LogP contribution in [0, 0.1) is 0 Å². The molecule has 0 amide bonds. The molecule has 1 N–H and O–H groups in total. The molecule has 94 valence electrons. The van der Waals surface area contributed by atoms with Gasteiger partial charge in [-0.1, -0.05) is 11.8 Å². The number of carbonyl (C=O) groups excluding carboxylic acids is 1. The van der Waals surface area contributed by atoms with Crippen molar-refractivity contribution < 1.29 is 9.53 Å². The number of thioether (sulfide) groups is 1. The Morgan fingerprint density at radius 1 is 1.39 bits per heavy atom. The molecule has 0 saturated carbocycles. The molecule has 0 bridgehead atoms. The molecule has 2 rings (SSSR count). The standard InChI is InChI=1S/C12H13N3O2S/c1-2-17-10-5-3-9(4-6-10)11(16)7-18-12-13-8-14-15-12/h3-6,8H,2,7H2,1H3,(H,13,14,15). The van der Waals surface area contributed by atoms with Gasteiger partial charge in [0.2, 0.25) is 0 Å². The van der Waals surface area contributed by atoms with Gasteiger partial charge in [-0.05, 0) is 31.2 Å². The van der Waals surface area contributed by atoms with E-state index in [0.29, 0.717) is 23.1 Å². The van der Waals surface area contributed by atoms with E-state index >= 15 is 0 Å². The minimum Gasteiger partial charge on any atom is -0.494 e. The quantitative estimate of drug-likeness (QED) is 0.639. The van der Waals surface area contributed by atoms with E-state index < -0.39 is 0 Å². The number of H-pyrrole nitrogens is 1. The summed E-state index contributed by atoms with van der Waals surface area (Å²) >= 11 is 1.33. The summed E-state index contributed by atoms with van der Waals surface area (Å²) in [5.74, 6) is 1.17. The Balaban J connectivity index is 1.92. The van der Waals surface area contributed by atoms with Crippen molar-refractivity contribution in [2.24, 2.45) is 0 Å². The van der Waals surface area contributed by atoms with Crippen LogP contribution in [-0.4, -0.2) is 33.3 Å². The molecule has 0 atom stereocenters. The van der Waals surface area contributed by atoms with Crippen LogP contribution in [0.25, 0.3) is 0 Å². The maximum Gasteiger partial charge on any atom is 0.183 e. The molecular formula is C12H13N3O2S. The number of aromatic amines is 1. The number of ketones is 1. The highest BCUT2D eigenvalue weighted by Crippen LogP contribution is 2.16. The van der Waals surface area contributed by atoms with E-state index in [4.69, 9.17) is 4.74 Å². The van der Waals surface area contributed by atoms with Gasteiger partial charge in [-0.15, -0.1) is 0 Å². The molecule has 0 unspecified atom stereocenters. The minimum atomic E-state index is 0.0550. The number of hydrogen-bond donors (Lipinski definition) is 1. The maximum atomic E-state index is 11.9. The first-order chi connectivity index (χ1) is 8.79. The Morgan fingerprint density at radius 2 is 2.17 bits per heavy atom. The summed E-state index contributed by atoms with van der Waals surface area (Å²) in [5.41, 5.74) is 0.672. The van der Waals surface area contributed by atoms with Crippen LogP contribution in [0.5, 0.6) is 5.75 Å². The van der Waals surface area contributed by atoms with Crippen LogP contribution in [0.3, 0.4) is 0 Å². The van der Waals surface area contributed by atoms with Crippen LogP contribution in [0.15, 0.2) is 35.7 Å². The van der Waals surface area contributed by atoms with Gasteiger partial charge >= 0.3 is 0 Å². The van der Waals surface area contributed by atoms with Crippen molar-refractivity contribution in [1.29, 1.82) is 0 Å². The molecule has 2 aromatic rings.